The van der Waals surface area contributed by atoms with E-state index in [0.717, 1.165) is 30.2 Å². The normalized spacial score (nSPS) is 18.7. The highest BCUT2D eigenvalue weighted by atomic mass is 35.5. The van der Waals surface area contributed by atoms with Crippen molar-refractivity contribution in [1.29, 1.82) is 0 Å². The Morgan fingerprint density at radius 1 is 1.33 bits per heavy atom. The van der Waals surface area contributed by atoms with Crippen LogP contribution in [0.3, 0.4) is 0 Å². The first-order chi connectivity index (χ1) is 10.3. The van der Waals surface area contributed by atoms with Crippen LogP contribution in [0, 0.1) is 0 Å². The lowest BCUT2D eigenvalue weighted by atomic mass is 10.1. The molecule has 6 heteroatoms. The van der Waals surface area contributed by atoms with Crippen molar-refractivity contribution in [3.05, 3.63) is 23.5 Å². The number of methoxy groups -OCH3 is 1. The van der Waals surface area contributed by atoms with Gasteiger partial charge in [0.1, 0.15) is 6.61 Å². The Labute approximate surface area is 128 Å². The van der Waals surface area contributed by atoms with E-state index in [1.807, 2.05) is 12.1 Å². The van der Waals surface area contributed by atoms with Crippen molar-refractivity contribution in [3.8, 4) is 11.5 Å². The molecule has 1 aromatic heterocycles. The molecule has 0 spiro atoms. The lowest BCUT2D eigenvalue weighted by Gasteiger charge is -2.23. The second-order valence-electron chi connectivity index (χ2n) is 4.99. The van der Waals surface area contributed by atoms with E-state index in [1.54, 1.807) is 13.3 Å². The summed E-state index contributed by atoms with van der Waals surface area (Å²) in [5, 5.41) is 9.69. The Morgan fingerprint density at radius 2 is 2.24 bits per heavy atom. The van der Waals surface area contributed by atoms with Crippen molar-refractivity contribution < 1.29 is 14.2 Å². The SMILES string of the molecule is COc1ccc2c(Cl)nncc2c1OCC1CCCCO1. The monoisotopic (exact) mass is 308 g/mol. The molecule has 0 N–H and O–H groups in total. The van der Waals surface area contributed by atoms with E-state index < -0.39 is 0 Å². The molecule has 1 fully saturated rings. The van der Waals surface area contributed by atoms with E-state index in [0.29, 0.717) is 23.3 Å². The fourth-order valence-electron chi connectivity index (χ4n) is 2.50. The van der Waals surface area contributed by atoms with Crippen LogP contribution in [0.15, 0.2) is 18.3 Å². The molecule has 2 heterocycles. The molecule has 5 nitrogen and oxygen atoms in total. The summed E-state index contributed by atoms with van der Waals surface area (Å²) in [6.07, 6.45) is 5.09. The molecule has 21 heavy (non-hydrogen) atoms. The third-order valence-electron chi connectivity index (χ3n) is 3.62. The first kappa shape index (κ1) is 14.4. The fraction of sp³-hybridized carbons (Fsp3) is 0.467. The highest BCUT2D eigenvalue weighted by molar-refractivity contribution is 6.34. The number of rotatable bonds is 4. The van der Waals surface area contributed by atoms with Crippen LogP contribution < -0.4 is 9.47 Å². The lowest BCUT2D eigenvalue weighted by Crippen LogP contribution is -2.25. The lowest BCUT2D eigenvalue weighted by molar-refractivity contribution is -0.0111. The number of aromatic nitrogens is 2. The van der Waals surface area contributed by atoms with Crippen LogP contribution in [0.5, 0.6) is 11.5 Å². The summed E-state index contributed by atoms with van der Waals surface area (Å²) in [4.78, 5) is 0. The smallest absolute Gasteiger partial charge is 0.170 e. The molecule has 1 aromatic carbocycles. The second-order valence-corrected chi connectivity index (χ2v) is 5.35. The van der Waals surface area contributed by atoms with Gasteiger partial charge < -0.3 is 14.2 Å². The van der Waals surface area contributed by atoms with Gasteiger partial charge in [-0.3, -0.25) is 0 Å². The quantitative estimate of drug-likeness (QED) is 0.868. The molecular formula is C15H17ClN2O3. The Bertz CT molecular complexity index is 630. The topological polar surface area (TPSA) is 53.5 Å². The van der Waals surface area contributed by atoms with E-state index in [9.17, 15) is 0 Å². The zero-order chi connectivity index (χ0) is 14.7. The number of halogens is 1. The Morgan fingerprint density at radius 3 is 3.00 bits per heavy atom. The number of hydrogen-bond donors (Lipinski definition) is 0. The van der Waals surface area contributed by atoms with E-state index in [4.69, 9.17) is 25.8 Å². The van der Waals surface area contributed by atoms with E-state index in [2.05, 4.69) is 10.2 Å². The molecule has 1 atom stereocenters. The molecule has 1 aliphatic heterocycles. The van der Waals surface area contributed by atoms with E-state index >= 15 is 0 Å². The summed E-state index contributed by atoms with van der Waals surface area (Å²) < 4.78 is 17.0. The summed E-state index contributed by atoms with van der Waals surface area (Å²) >= 11 is 6.08. The predicted octanol–water partition coefficient (Wildman–Crippen LogP) is 3.24. The van der Waals surface area contributed by atoms with E-state index in [-0.39, 0.29) is 6.10 Å². The molecule has 112 valence electrons. The molecule has 0 aliphatic carbocycles. The molecule has 2 aromatic rings. The van der Waals surface area contributed by atoms with Gasteiger partial charge in [-0.2, -0.15) is 5.10 Å². The highest BCUT2D eigenvalue weighted by Gasteiger charge is 2.18. The van der Waals surface area contributed by atoms with Crippen LogP contribution >= 0.6 is 11.6 Å². The van der Waals surface area contributed by atoms with Crippen LogP contribution in [0.4, 0.5) is 0 Å². The summed E-state index contributed by atoms with van der Waals surface area (Å²) in [5.74, 6) is 1.29. The summed E-state index contributed by atoms with van der Waals surface area (Å²) in [5.41, 5.74) is 0. The van der Waals surface area contributed by atoms with Crippen molar-refractivity contribution in [2.45, 2.75) is 25.4 Å². The number of ether oxygens (including phenoxy) is 3. The zero-order valence-electron chi connectivity index (χ0n) is 11.8. The van der Waals surface area contributed by atoms with Gasteiger partial charge in [0.05, 0.1) is 24.8 Å². The van der Waals surface area contributed by atoms with Gasteiger partial charge in [0.2, 0.25) is 0 Å². The minimum atomic E-state index is 0.129. The Balaban J connectivity index is 1.89. The average Bonchev–Trinajstić information content (AvgIpc) is 2.54. The average molecular weight is 309 g/mol. The summed E-state index contributed by atoms with van der Waals surface area (Å²) in [7, 11) is 1.61. The standard InChI is InChI=1S/C15H17ClN2O3/c1-19-13-6-5-11-12(8-17-18-15(11)16)14(13)21-9-10-4-2-3-7-20-10/h5-6,8,10H,2-4,7,9H2,1H3. The van der Waals surface area contributed by atoms with Crippen molar-refractivity contribution in [2.75, 3.05) is 20.3 Å². The van der Waals surface area contributed by atoms with Crippen molar-refractivity contribution in [3.63, 3.8) is 0 Å². The minimum Gasteiger partial charge on any atom is -0.493 e. The number of benzene rings is 1. The fourth-order valence-corrected chi connectivity index (χ4v) is 2.71. The van der Waals surface area contributed by atoms with Crippen LogP contribution in [0.25, 0.3) is 10.8 Å². The molecular weight excluding hydrogens is 292 g/mol. The maximum absolute atomic E-state index is 6.08. The van der Waals surface area contributed by atoms with Gasteiger partial charge in [0, 0.05) is 12.0 Å². The van der Waals surface area contributed by atoms with Crippen LogP contribution in [-0.2, 0) is 4.74 Å². The zero-order valence-corrected chi connectivity index (χ0v) is 12.6. The molecule has 0 bridgehead atoms. The molecule has 1 saturated heterocycles. The van der Waals surface area contributed by atoms with Crippen molar-refractivity contribution in [2.24, 2.45) is 0 Å². The molecule has 0 amide bonds. The van der Waals surface area contributed by atoms with Crippen LogP contribution in [-0.4, -0.2) is 36.6 Å². The third-order valence-corrected chi connectivity index (χ3v) is 3.90. The van der Waals surface area contributed by atoms with Gasteiger partial charge in [-0.25, -0.2) is 0 Å². The third kappa shape index (κ3) is 3.04. The van der Waals surface area contributed by atoms with Gasteiger partial charge in [0.15, 0.2) is 16.7 Å². The summed E-state index contributed by atoms with van der Waals surface area (Å²) in [6.45, 7) is 1.30. The number of nitrogens with zero attached hydrogens (tertiary/aromatic N) is 2. The van der Waals surface area contributed by atoms with Gasteiger partial charge >= 0.3 is 0 Å². The summed E-state index contributed by atoms with van der Waals surface area (Å²) in [6, 6.07) is 3.68. The van der Waals surface area contributed by atoms with Crippen molar-refractivity contribution in [1.82, 2.24) is 10.2 Å². The molecule has 0 saturated carbocycles. The van der Waals surface area contributed by atoms with Gasteiger partial charge in [-0.1, -0.05) is 11.6 Å². The predicted molar refractivity (Wildman–Crippen MR) is 80.2 cm³/mol. The van der Waals surface area contributed by atoms with Crippen LogP contribution in [0.1, 0.15) is 19.3 Å². The van der Waals surface area contributed by atoms with Gasteiger partial charge in [-0.05, 0) is 31.4 Å². The van der Waals surface area contributed by atoms with Crippen LogP contribution in [0.2, 0.25) is 5.15 Å². The van der Waals surface area contributed by atoms with Gasteiger partial charge in [0.25, 0.3) is 0 Å². The first-order valence-corrected chi connectivity index (χ1v) is 7.39. The minimum absolute atomic E-state index is 0.129. The number of fused-ring (bicyclic) bond motifs is 1. The Kier molecular flexibility index (Phi) is 4.41. The molecule has 0 radical (unpaired) electrons. The largest absolute Gasteiger partial charge is 0.493 e. The number of hydrogen-bond acceptors (Lipinski definition) is 5. The first-order valence-electron chi connectivity index (χ1n) is 7.02. The Hall–Kier alpha value is -1.59. The van der Waals surface area contributed by atoms with Gasteiger partial charge in [-0.15, -0.1) is 5.10 Å². The molecule has 3 rings (SSSR count). The maximum Gasteiger partial charge on any atom is 0.170 e. The maximum atomic E-state index is 6.08. The second kappa shape index (κ2) is 6.45. The molecule has 1 aliphatic rings. The van der Waals surface area contributed by atoms with E-state index in [1.165, 1.54) is 6.42 Å². The highest BCUT2D eigenvalue weighted by Crippen LogP contribution is 2.37. The van der Waals surface area contributed by atoms with Crippen molar-refractivity contribution >= 4 is 22.4 Å². The molecule has 1 unspecified atom stereocenters.